The molecule has 0 bridgehead atoms. The molecule has 0 radical (unpaired) electrons. The zero-order valence-corrected chi connectivity index (χ0v) is 32.6. The standard InChI is InChI=1S/C39H56FN5O8S/c1-39(2,3)53-38(49)42-31(24-40)26-12-14-27(15-13-26)37(48)45-21-18-30(25-10-6-4-7-11-25)34(45)36(47)41-29-16-17-32-28(22-29)23-33(52-32)35(46)43-54(50,51)44-19-8-5-9-20-44/h16-17,22-23,25-27,30-31,34H,4-15,18-21,24H2,1-3H3,(H,41,47)(H,42,49)(H,43,46)/t26-,27-,30-,31+,34-/m0/s1. The molecule has 3 N–H and O–H groups in total. The first-order valence-electron chi connectivity index (χ1n) is 19.7. The summed E-state index contributed by atoms with van der Waals surface area (Å²) in [5, 5.41) is 6.24. The predicted octanol–water partition coefficient (Wildman–Crippen LogP) is 6.30. The van der Waals surface area contributed by atoms with Crippen LogP contribution in [0.3, 0.4) is 0 Å². The molecule has 3 heterocycles. The van der Waals surface area contributed by atoms with Crippen molar-refractivity contribution < 1.29 is 41.1 Å². The maximum Gasteiger partial charge on any atom is 0.407 e. The summed E-state index contributed by atoms with van der Waals surface area (Å²) < 4.78 is 54.0. The molecule has 4 aliphatic rings. The number of alkyl carbamates (subject to hydrolysis) is 1. The number of nitrogens with one attached hydrogen (secondary N) is 3. The van der Waals surface area contributed by atoms with Crippen LogP contribution in [0.4, 0.5) is 14.9 Å². The molecular weight excluding hydrogens is 718 g/mol. The second-order valence-corrected chi connectivity index (χ2v) is 18.3. The minimum Gasteiger partial charge on any atom is -0.451 e. The molecule has 298 valence electrons. The van der Waals surface area contributed by atoms with E-state index >= 15 is 0 Å². The lowest BCUT2D eigenvalue weighted by Crippen LogP contribution is -2.50. The van der Waals surface area contributed by atoms with Crippen molar-refractivity contribution in [2.75, 3.05) is 31.6 Å². The number of rotatable bonds is 10. The van der Waals surface area contributed by atoms with Crippen LogP contribution in [0.15, 0.2) is 28.7 Å². The van der Waals surface area contributed by atoms with Crippen molar-refractivity contribution in [1.82, 2.24) is 19.2 Å². The van der Waals surface area contributed by atoms with Crippen molar-refractivity contribution in [2.24, 2.45) is 23.7 Å². The first kappa shape index (κ1) is 40.0. The summed E-state index contributed by atoms with van der Waals surface area (Å²) >= 11 is 0. The number of furan rings is 1. The molecule has 2 saturated carbocycles. The van der Waals surface area contributed by atoms with E-state index in [9.17, 15) is 32.0 Å². The van der Waals surface area contributed by atoms with E-state index in [4.69, 9.17) is 9.15 Å². The van der Waals surface area contributed by atoms with Crippen LogP contribution < -0.4 is 15.4 Å². The number of alkyl halides is 1. The Bertz CT molecular complexity index is 1770. The molecule has 1 aromatic heterocycles. The third-order valence-electron chi connectivity index (χ3n) is 11.7. The summed E-state index contributed by atoms with van der Waals surface area (Å²) in [4.78, 5) is 55.5. The number of anilines is 1. The highest BCUT2D eigenvalue weighted by Gasteiger charge is 2.47. The first-order chi connectivity index (χ1) is 25.7. The lowest BCUT2D eigenvalue weighted by Gasteiger charge is -2.37. The molecule has 4 amide bonds. The Morgan fingerprint density at radius 1 is 0.907 bits per heavy atom. The molecule has 13 nitrogen and oxygen atoms in total. The number of likely N-dealkylation sites (tertiary alicyclic amines) is 1. The SMILES string of the molecule is CC(C)(C)OC(=O)N[C@H](CF)[C@H]1CC[C@H](C(=O)N2CC[C@@H](C3CCCCC3)[C@H]2C(=O)Nc2ccc3oc(C(=O)NS(=O)(=O)N4CCCCC4)cc3c2)CC1. The molecule has 3 atom stereocenters. The van der Waals surface area contributed by atoms with Crippen molar-refractivity contribution in [1.29, 1.82) is 0 Å². The van der Waals surface area contributed by atoms with Crippen LogP contribution in [0.1, 0.15) is 115 Å². The second-order valence-electron chi connectivity index (χ2n) is 16.6. The highest BCUT2D eigenvalue weighted by Crippen LogP contribution is 2.41. The summed E-state index contributed by atoms with van der Waals surface area (Å²) in [6.45, 7) is 5.74. The van der Waals surface area contributed by atoms with Gasteiger partial charge in [0.1, 0.15) is 23.9 Å². The van der Waals surface area contributed by atoms with Gasteiger partial charge in [0.05, 0.1) is 6.04 Å². The van der Waals surface area contributed by atoms with Gasteiger partial charge in [0, 0.05) is 36.6 Å². The van der Waals surface area contributed by atoms with E-state index in [-0.39, 0.29) is 35.3 Å². The molecule has 6 rings (SSSR count). The largest absolute Gasteiger partial charge is 0.451 e. The number of nitrogens with zero attached hydrogens (tertiary/aromatic N) is 2. The van der Waals surface area contributed by atoms with Crippen LogP contribution in [0.5, 0.6) is 0 Å². The number of ether oxygens (including phenoxy) is 1. The Morgan fingerprint density at radius 2 is 1.59 bits per heavy atom. The van der Waals surface area contributed by atoms with Crippen LogP contribution in [-0.4, -0.2) is 85.4 Å². The number of amides is 4. The second kappa shape index (κ2) is 17.0. The zero-order valence-electron chi connectivity index (χ0n) is 31.7. The molecule has 0 spiro atoms. The quantitative estimate of drug-likeness (QED) is 0.253. The van der Waals surface area contributed by atoms with Gasteiger partial charge in [-0.1, -0.05) is 38.5 Å². The number of halogens is 1. The van der Waals surface area contributed by atoms with Crippen LogP contribution in [-0.2, 0) is 24.5 Å². The number of benzene rings is 1. The van der Waals surface area contributed by atoms with Crippen molar-refractivity contribution >= 4 is 50.7 Å². The number of hydrogen-bond acceptors (Lipinski definition) is 8. The fourth-order valence-electron chi connectivity index (χ4n) is 8.99. The smallest absolute Gasteiger partial charge is 0.407 e. The van der Waals surface area contributed by atoms with Gasteiger partial charge in [0.15, 0.2) is 5.76 Å². The summed E-state index contributed by atoms with van der Waals surface area (Å²) in [7, 11) is -4.01. The third-order valence-corrected chi connectivity index (χ3v) is 13.2. The monoisotopic (exact) mass is 773 g/mol. The minimum absolute atomic E-state index is 0.0225. The van der Waals surface area contributed by atoms with E-state index in [1.807, 2.05) is 0 Å². The van der Waals surface area contributed by atoms with Crippen LogP contribution >= 0.6 is 0 Å². The van der Waals surface area contributed by atoms with Gasteiger partial charge >= 0.3 is 22.2 Å². The lowest BCUT2D eigenvalue weighted by atomic mass is 9.76. The normalized spacial score (nSPS) is 25.2. The number of fused-ring (bicyclic) bond motifs is 1. The van der Waals surface area contributed by atoms with E-state index in [0.29, 0.717) is 67.9 Å². The Morgan fingerprint density at radius 3 is 2.26 bits per heavy atom. The summed E-state index contributed by atoms with van der Waals surface area (Å²) in [5.74, 6) is -1.41. The summed E-state index contributed by atoms with van der Waals surface area (Å²) in [6, 6.07) is 5.08. The van der Waals surface area contributed by atoms with Crippen molar-refractivity contribution in [3.63, 3.8) is 0 Å². The minimum atomic E-state index is -4.01. The van der Waals surface area contributed by atoms with Gasteiger partial charge in [-0.3, -0.25) is 14.4 Å². The fraction of sp³-hybridized carbons (Fsp3) is 0.692. The fourth-order valence-corrected chi connectivity index (χ4v) is 10.2. The Balaban J connectivity index is 1.12. The highest BCUT2D eigenvalue weighted by molar-refractivity contribution is 7.87. The Kier molecular flexibility index (Phi) is 12.6. The molecule has 4 fully saturated rings. The third kappa shape index (κ3) is 9.55. The maximum atomic E-state index is 14.2. The van der Waals surface area contributed by atoms with E-state index in [2.05, 4.69) is 15.4 Å². The van der Waals surface area contributed by atoms with Gasteiger partial charge in [0.25, 0.3) is 0 Å². The number of carbonyl (C=O) groups is 4. The lowest BCUT2D eigenvalue weighted by molar-refractivity contribution is -0.142. The molecule has 54 heavy (non-hydrogen) atoms. The van der Waals surface area contributed by atoms with E-state index < -0.39 is 46.6 Å². The molecular formula is C39H56FN5O8S. The molecule has 0 unspecified atom stereocenters. The van der Waals surface area contributed by atoms with Gasteiger partial charge in [-0.05, 0) is 108 Å². The molecule has 2 aromatic rings. The Labute approximate surface area is 317 Å². The Hall–Kier alpha value is -3.72. The first-order valence-corrected chi connectivity index (χ1v) is 21.2. The van der Waals surface area contributed by atoms with Gasteiger partial charge in [-0.15, -0.1) is 0 Å². The summed E-state index contributed by atoms with van der Waals surface area (Å²) in [6.07, 6.45) is 10.2. The average Bonchev–Trinajstić information content (AvgIpc) is 3.79. The topological polar surface area (TPSA) is 167 Å². The van der Waals surface area contributed by atoms with Crippen LogP contribution in [0.25, 0.3) is 11.0 Å². The predicted molar refractivity (Wildman–Crippen MR) is 201 cm³/mol. The van der Waals surface area contributed by atoms with Crippen LogP contribution in [0, 0.1) is 23.7 Å². The molecule has 2 aliphatic carbocycles. The van der Waals surface area contributed by atoms with Gasteiger partial charge in [0.2, 0.25) is 11.8 Å². The van der Waals surface area contributed by atoms with E-state index in [0.717, 1.165) is 51.4 Å². The van der Waals surface area contributed by atoms with Crippen molar-refractivity contribution in [3.05, 3.63) is 30.0 Å². The average molecular weight is 774 g/mol. The van der Waals surface area contributed by atoms with Crippen molar-refractivity contribution in [3.8, 4) is 0 Å². The van der Waals surface area contributed by atoms with E-state index in [1.54, 1.807) is 43.9 Å². The van der Waals surface area contributed by atoms with Gasteiger partial charge in [-0.2, -0.15) is 12.7 Å². The number of carbonyl (C=O) groups excluding carboxylic acids is 4. The van der Waals surface area contributed by atoms with Gasteiger partial charge < -0.3 is 24.7 Å². The van der Waals surface area contributed by atoms with Crippen LogP contribution in [0.2, 0.25) is 0 Å². The van der Waals surface area contributed by atoms with Crippen molar-refractivity contribution in [2.45, 2.75) is 122 Å². The molecule has 2 saturated heterocycles. The molecule has 2 aliphatic heterocycles. The number of piperidine rings is 1. The van der Waals surface area contributed by atoms with E-state index in [1.165, 1.54) is 16.8 Å². The summed E-state index contributed by atoms with van der Waals surface area (Å²) in [5.41, 5.74) is 0.132. The highest BCUT2D eigenvalue weighted by atomic mass is 32.2. The molecule has 15 heteroatoms. The number of hydrogen-bond donors (Lipinski definition) is 3. The van der Waals surface area contributed by atoms with Gasteiger partial charge in [-0.25, -0.2) is 13.9 Å². The zero-order chi connectivity index (χ0) is 38.6. The molecule has 1 aromatic carbocycles. The maximum absolute atomic E-state index is 14.2.